The smallest absolute Gasteiger partial charge is 0.317 e. The molecule has 3 rings (SSSR count). The topological polar surface area (TPSA) is 35.6 Å². The highest BCUT2D eigenvalue weighted by molar-refractivity contribution is 5.89. The standard InChI is InChI=1S/C21H25F2N3O/c1-2-25-13-11-18(12-14-25)26(15-16-7-9-17(22)10-8-16)21(27)24-20-6-4-3-5-19(20)23/h3-10,18H,2,11-15H2,1H3,(H,24,27). The van der Waals surface area contributed by atoms with Crippen molar-refractivity contribution in [2.45, 2.75) is 32.4 Å². The highest BCUT2D eigenvalue weighted by Gasteiger charge is 2.28. The maximum atomic E-state index is 13.9. The van der Waals surface area contributed by atoms with Crippen molar-refractivity contribution in [1.29, 1.82) is 0 Å². The molecule has 1 aliphatic rings. The third kappa shape index (κ3) is 5.04. The Morgan fingerprint density at radius 1 is 1.11 bits per heavy atom. The summed E-state index contributed by atoms with van der Waals surface area (Å²) in [5, 5.41) is 2.69. The molecule has 0 unspecified atom stereocenters. The first-order valence-corrected chi connectivity index (χ1v) is 9.35. The molecular weight excluding hydrogens is 348 g/mol. The van der Waals surface area contributed by atoms with Crippen molar-refractivity contribution >= 4 is 11.7 Å². The van der Waals surface area contributed by atoms with Crippen molar-refractivity contribution in [1.82, 2.24) is 9.80 Å². The molecule has 2 aromatic carbocycles. The van der Waals surface area contributed by atoms with Gasteiger partial charge in [0.15, 0.2) is 0 Å². The van der Waals surface area contributed by atoms with E-state index in [2.05, 4.69) is 17.1 Å². The number of anilines is 1. The quantitative estimate of drug-likeness (QED) is 0.839. The zero-order valence-corrected chi connectivity index (χ0v) is 15.5. The molecule has 2 amide bonds. The number of amides is 2. The summed E-state index contributed by atoms with van der Waals surface area (Å²) in [7, 11) is 0. The van der Waals surface area contributed by atoms with Crippen LogP contribution < -0.4 is 5.32 Å². The predicted molar refractivity (Wildman–Crippen MR) is 102 cm³/mol. The van der Waals surface area contributed by atoms with Crippen LogP contribution in [0.1, 0.15) is 25.3 Å². The number of hydrogen-bond acceptors (Lipinski definition) is 2. The van der Waals surface area contributed by atoms with Crippen molar-refractivity contribution in [2.24, 2.45) is 0 Å². The van der Waals surface area contributed by atoms with E-state index in [0.717, 1.165) is 38.0 Å². The number of carbonyl (C=O) groups is 1. The molecule has 0 atom stereocenters. The van der Waals surface area contributed by atoms with Crippen LogP contribution in [-0.2, 0) is 6.54 Å². The van der Waals surface area contributed by atoms with Crippen LogP contribution >= 0.6 is 0 Å². The monoisotopic (exact) mass is 373 g/mol. The Hall–Kier alpha value is -2.47. The number of urea groups is 1. The van der Waals surface area contributed by atoms with Gasteiger partial charge in [0.05, 0.1) is 5.69 Å². The highest BCUT2D eigenvalue weighted by atomic mass is 19.1. The molecule has 4 nitrogen and oxygen atoms in total. The molecule has 27 heavy (non-hydrogen) atoms. The second kappa shape index (κ2) is 8.95. The number of halogens is 2. The normalized spacial score (nSPS) is 15.5. The lowest BCUT2D eigenvalue weighted by molar-refractivity contribution is 0.126. The Morgan fingerprint density at radius 3 is 2.41 bits per heavy atom. The number of likely N-dealkylation sites (tertiary alicyclic amines) is 1. The highest BCUT2D eigenvalue weighted by Crippen LogP contribution is 2.21. The Bertz CT molecular complexity index is 758. The van der Waals surface area contributed by atoms with Crippen LogP contribution in [0.25, 0.3) is 0 Å². The van der Waals surface area contributed by atoms with Gasteiger partial charge in [-0.3, -0.25) is 0 Å². The Balaban J connectivity index is 1.77. The maximum absolute atomic E-state index is 13.9. The Morgan fingerprint density at radius 2 is 1.78 bits per heavy atom. The van der Waals surface area contributed by atoms with E-state index in [9.17, 15) is 13.6 Å². The number of carbonyl (C=O) groups excluding carboxylic acids is 1. The van der Waals surface area contributed by atoms with Crippen LogP contribution in [0.5, 0.6) is 0 Å². The summed E-state index contributed by atoms with van der Waals surface area (Å²) in [6, 6.07) is 12.0. The van der Waals surface area contributed by atoms with Crippen molar-refractivity contribution < 1.29 is 13.6 Å². The van der Waals surface area contributed by atoms with Crippen molar-refractivity contribution in [3.05, 3.63) is 65.7 Å². The number of benzene rings is 2. The Kier molecular flexibility index (Phi) is 6.40. The van der Waals surface area contributed by atoms with Crippen LogP contribution in [-0.4, -0.2) is 41.5 Å². The van der Waals surface area contributed by atoms with E-state index in [0.29, 0.717) is 6.54 Å². The maximum Gasteiger partial charge on any atom is 0.322 e. The van der Waals surface area contributed by atoms with Gasteiger partial charge in [-0.25, -0.2) is 13.6 Å². The van der Waals surface area contributed by atoms with E-state index in [1.807, 2.05) is 0 Å². The second-order valence-corrected chi connectivity index (χ2v) is 6.83. The summed E-state index contributed by atoms with van der Waals surface area (Å²) in [6.45, 7) is 5.33. The molecule has 1 heterocycles. The van der Waals surface area contributed by atoms with Crippen LogP contribution in [0, 0.1) is 11.6 Å². The van der Waals surface area contributed by atoms with Gasteiger partial charge >= 0.3 is 6.03 Å². The van der Waals surface area contributed by atoms with Crippen LogP contribution in [0.15, 0.2) is 48.5 Å². The molecule has 0 radical (unpaired) electrons. The molecule has 2 aromatic rings. The van der Waals surface area contributed by atoms with E-state index in [1.165, 1.54) is 18.2 Å². The molecular formula is C21H25F2N3O. The molecule has 1 fully saturated rings. The number of para-hydroxylation sites is 1. The van der Waals surface area contributed by atoms with Gasteiger partial charge in [-0.15, -0.1) is 0 Å². The zero-order chi connectivity index (χ0) is 19.2. The minimum atomic E-state index is -0.464. The van der Waals surface area contributed by atoms with E-state index in [4.69, 9.17) is 0 Å². The molecule has 1 N–H and O–H groups in total. The van der Waals surface area contributed by atoms with E-state index in [1.54, 1.807) is 35.2 Å². The van der Waals surface area contributed by atoms with Crippen LogP contribution in [0.4, 0.5) is 19.3 Å². The van der Waals surface area contributed by atoms with Gasteiger partial charge < -0.3 is 15.1 Å². The average Bonchev–Trinajstić information content (AvgIpc) is 2.69. The fourth-order valence-corrected chi connectivity index (χ4v) is 3.45. The molecule has 0 aliphatic carbocycles. The molecule has 144 valence electrons. The largest absolute Gasteiger partial charge is 0.322 e. The third-order valence-electron chi connectivity index (χ3n) is 5.09. The number of nitrogens with one attached hydrogen (secondary N) is 1. The summed E-state index contributed by atoms with van der Waals surface area (Å²) in [5.41, 5.74) is 1.01. The van der Waals surface area contributed by atoms with Crippen molar-refractivity contribution in [3.63, 3.8) is 0 Å². The minimum absolute atomic E-state index is 0.0598. The molecule has 0 aromatic heterocycles. The van der Waals surface area contributed by atoms with Gasteiger partial charge in [-0.1, -0.05) is 31.2 Å². The molecule has 1 saturated heterocycles. The van der Waals surface area contributed by atoms with E-state index < -0.39 is 5.82 Å². The molecule has 0 bridgehead atoms. The van der Waals surface area contributed by atoms with Gasteiger partial charge in [0.2, 0.25) is 0 Å². The van der Waals surface area contributed by atoms with Gasteiger partial charge in [0, 0.05) is 25.7 Å². The third-order valence-corrected chi connectivity index (χ3v) is 5.09. The zero-order valence-electron chi connectivity index (χ0n) is 15.5. The summed E-state index contributed by atoms with van der Waals surface area (Å²) in [6.07, 6.45) is 1.72. The van der Waals surface area contributed by atoms with Crippen molar-refractivity contribution in [3.8, 4) is 0 Å². The number of piperidine rings is 1. The van der Waals surface area contributed by atoms with E-state index in [-0.39, 0.29) is 23.6 Å². The SMILES string of the molecule is CCN1CCC(N(Cc2ccc(F)cc2)C(=O)Nc2ccccc2F)CC1. The van der Waals surface area contributed by atoms with E-state index >= 15 is 0 Å². The van der Waals surface area contributed by atoms with Gasteiger partial charge in [-0.05, 0) is 49.2 Å². The molecule has 0 saturated carbocycles. The number of rotatable bonds is 5. The summed E-state index contributed by atoms with van der Waals surface area (Å²) >= 11 is 0. The lowest BCUT2D eigenvalue weighted by Gasteiger charge is -2.38. The fourth-order valence-electron chi connectivity index (χ4n) is 3.45. The summed E-state index contributed by atoms with van der Waals surface area (Å²) < 4.78 is 27.2. The van der Waals surface area contributed by atoms with Gasteiger partial charge in [0.1, 0.15) is 11.6 Å². The lowest BCUT2D eigenvalue weighted by atomic mass is 10.0. The first-order chi connectivity index (χ1) is 13.1. The molecule has 0 spiro atoms. The molecule has 6 heteroatoms. The van der Waals surface area contributed by atoms with Gasteiger partial charge in [-0.2, -0.15) is 0 Å². The average molecular weight is 373 g/mol. The summed E-state index contributed by atoms with van der Waals surface area (Å²) in [4.78, 5) is 17.0. The fraction of sp³-hybridized carbons (Fsp3) is 0.381. The minimum Gasteiger partial charge on any atom is -0.317 e. The summed E-state index contributed by atoms with van der Waals surface area (Å²) in [5.74, 6) is -0.772. The second-order valence-electron chi connectivity index (χ2n) is 6.83. The predicted octanol–water partition coefficient (Wildman–Crippen LogP) is 4.48. The number of nitrogens with zero attached hydrogens (tertiary/aromatic N) is 2. The van der Waals surface area contributed by atoms with Gasteiger partial charge in [0.25, 0.3) is 0 Å². The first kappa shape index (κ1) is 19.3. The number of hydrogen-bond donors (Lipinski definition) is 1. The molecule has 1 aliphatic heterocycles. The first-order valence-electron chi connectivity index (χ1n) is 9.35. The Labute approximate surface area is 158 Å². The lowest BCUT2D eigenvalue weighted by Crippen LogP contribution is -2.48. The van der Waals surface area contributed by atoms with Crippen LogP contribution in [0.3, 0.4) is 0 Å². The van der Waals surface area contributed by atoms with Crippen molar-refractivity contribution in [2.75, 3.05) is 25.0 Å². The van der Waals surface area contributed by atoms with Crippen LogP contribution in [0.2, 0.25) is 0 Å².